The Morgan fingerprint density at radius 2 is 2.24 bits per heavy atom. The first kappa shape index (κ1) is 12.7. The van der Waals surface area contributed by atoms with E-state index >= 15 is 0 Å². The number of hydrogen-bond donors (Lipinski definition) is 0. The Kier molecular flexibility index (Phi) is 2.90. The minimum Gasteiger partial charge on any atom is -0.377 e. The van der Waals surface area contributed by atoms with Gasteiger partial charge in [0, 0.05) is 17.1 Å². The van der Waals surface area contributed by atoms with E-state index in [4.69, 9.17) is 4.74 Å². The smallest absolute Gasteiger partial charge is 0.160 e. The normalized spacial score (nSPS) is 12.5. The third-order valence-corrected chi connectivity index (χ3v) is 4.04. The molecule has 0 saturated carbocycles. The Balaban J connectivity index is 2.05. The third kappa shape index (κ3) is 1.92. The molecule has 0 aliphatic carbocycles. The lowest BCUT2D eigenvalue weighted by Gasteiger charge is -2.12. The number of rotatable bonds is 2. The molecule has 4 rings (SSSR count). The summed E-state index contributed by atoms with van der Waals surface area (Å²) in [7, 11) is 1.67. The summed E-state index contributed by atoms with van der Waals surface area (Å²) in [5.74, 6) is 1.74. The van der Waals surface area contributed by atoms with Crippen molar-refractivity contribution in [2.45, 2.75) is 13.2 Å². The molecule has 0 bridgehead atoms. The molecule has 0 fully saturated rings. The summed E-state index contributed by atoms with van der Waals surface area (Å²) >= 11 is 3.54. The van der Waals surface area contributed by atoms with Gasteiger partial charge in [0.25, 0.3) is 0 Å². The van der Waals surface area contributed by atoms with Gasteiger partial charge in [-0.25, -0.2) is 14.6 Å². The standard InChI is InChI=1S/C14H12BrN5O/c1-21-7-13-16-5-10-6-19-14(17-8-18-19)11-3-2-9(15)4-12(11)20(10)13/h2-5,8H,6-7H2,1H3. The Morgan fingerprint density at radius 3 is 3.10 bits per heavy atom. The lowest BCUT2D eigenvalue weighted by molar-refractivity contribution is 0.176. The molecule has 6 nitrogen and oxygen atoms in total. The van der Waals surface area contributed by atoms with Gasteiger partial charge in [0.2, 0.25) is 0 Å². The molecule has 1 aromatic carbocycles. The molecule has 0 amide bonds. The van der Waals surface area contributed by atoms with Crippen molar-refractivity contribution in [1.29, 1.82) is 0 Å². The number of benzene rings is 1. The van der Waals surface area contributed by atoms with Gasteiger partial charge in [0.15, 0.2) is 5.82 Å². The van der Waals surface area contributed by atoms with Crippen LogP contribution in [0.5, 0.6) is 0 Å². The van der Waals surface area contributed by atoms with E-state index in [1.807, 2.05) is 23.0 Å². The van der Waals surface area contributed by atoms with Crippen LogP contribution in [0, 0.1) is 0 Å². The van der Waals surface area contributed by atoms with Crippen LogP contribution < -0.4 is 0 Å². The lowest BCUT2D eigenvalue weighted by atomic mass is 10.1. The quantitative estimate of drug-likeness (QED) is 0.559. The molecular weight excluding hydrogens is 334 g/mol. The highest BCUT2D eigenvalue weighted by Crippen LogP contribution is 2.33. The van der Waals surface area contributed by atoms with Crippen molar-refractivity contribution in [3.8, 4) is 17.1 Å². The zero-order valence-corrected chi connectivity index (χ0v) is 12.9. The molecule has 3 heterocycles. The van der Waals surface area contributed by atoms with E-state index < -0.39 is 0 Å². The van der Waals surface area contributed by atoms with Gasteiger partial charge in [0.05, 0.1) is 24.1 Å². The van der Waals surface area contributed by atoms with Crippen LogP contribution in [0.2, 0.25) is 0 Å². The van der Waals surface area contributed by atoms with E-state index in [-0.39, 0.29) is 0 Å². The summed E-state index contributed by atoms with van der Waals surface area (Å²) in [5.41, 5.74) is 3.13. The summed E-state index contributed by atoms with van der Waals surface area (Å²) in [6.07, 6.45) is 3.46. The fraction of sp³-hybridized carbons (Fsp3) is 0.214. The van der Waals surface area contributed by atoms with Crippen LogP contribution in [-0.2, 0) is 17.9 Å². The second-order valence-corrected chi connectivity index (χ2v) is 5.75. The molecule has 7 heteroatoms. The Bertz CT molecular complexity index is 823. The maximum absolute atomic E-state index is 5.26. The van der Waals surface area contributed by atoms with Gasteiger partial charge >= 0.3 is 0 Å². The zero-order valence-electron chi connectivity index (χ0n) is 11.3. The van der Waals surface area contributed by atoms with Crippen molar-refractivity contribution in [1.82, 2.24) is 24.3 Å². The van der Waals surface area contributed by atoms with Gasteiger partial charge in [-0.1, -0.05) is 15.9 Å². The van der Waals surface area contributed by atoms with Crippen LogP contribution in [0.1, 0.15) is 11.5 Å². The second-order valence-electron chi connectivity index (χ2n) is 4.84. The minimum absolute atomic E-state index is 0.460. The summed E-state index contributed by atoms with van der Waals surface area (Å²) in [6, 6.07) is 6.13. The van der Waals surface area contributed by atoms with E-state index in [0.29, 0.717) is 13.2 Å². The molecular formula is C14H12BrN5O. The predicted molar refractivity (Wildman–Crippen MR) is 80.1 cm³/mol. The Labute approximate surface area is 129 Å². The van der Waals surface area contributed by atoms with E-state index in [2.05, 4.69) is 41.6 Å². The van der Waals surface area contributed by atoms with Crippen LogP contribution in [0.3, 0.4) is 0 Å². The van der Waals surface area contributed by atoms with Crippen LogP contribution in [0.25, 0.3) is 17.1 Å². The first-order valence-electron chi connectivity index (χ1n) is 6.50. The van der Waals surface area contributed by atoms with Gasteiger partial charge in [-0.05, 0) is 18.2 Å². The van der Waals surface area contributed by atoms with Crippen molar-refractivity contribution in [3.05, 3.63) is 46.7 Å². The number of hydrogen-bond acceptors (Lipinski definition) is 4. The molecule has 0 radical (unpaired) electrons. The molecule has 0 N–H and O–H groups in total. The largest absolute Gasteiger partial charge is 0.377 e. The first-order chi connectivity index (χ1) is 10.3. The molecule has 3 aromatic rings. The fourth-order valence-electron chi connectivity index (χ4n) is 2.69. The average Bonchev–Trinajstić information content (AvgIpc) is 3.05. The molecule has 1 aliphatic heterocycles. The molecule has 21 heavy (non-hydrogen) atoms. The molecule has 2 aromatic heterocycles. The number of halogens is 1. The monoisotopic (exact) mass is 345 g/mol. The highest BCUT2D eigenvalue weighted by atomic mass is 79.9. The average molecular weight is 346 g/mol. The van der Waals surface area contributed by atoms with Crippen molar-refractivity contribution in [2.24, 2.45) is 0 Å². The van der Waals surface area contributed by atoms with Gasteiger partial charge in [0.1, 0.15) is 18.8 Å². The van der Waals surface area contributed by atoms with Gasteiger partial charge < -0.3 is 4.74 Å². The first-order valence-corrected chi connectivity index (χ1v) is 7.30. The molecule has 1 aliphatic rings. The maximum atomic E-state index is 5.26. The van der Waals surface area contributed by atoms with Crippen molar-refractivity contribution in [2.75, 3.05) is 7.11 Å². The second kappa shape index (κ2) is 4.78. The van der Waals surface area contributed by atoms with Gasteiger partial charge in [-0.2, -0.15) is 5.10 Å². The van der Waals surface area contributed by atoms with E-state index in [9.17, 15) is 0 Å². The summed E-state index contributed by atoms with van der Waals surface area (Å²) in [5, 5.41) is 4.31. The molecule has 106 valence electrons. The fourth-order valence-corrected chi connectivity index (χ4v) is 3.04. The number of methoxy groups -OCH3 is 1. The molecule has 0 unspecified atom stereocenters. The lowest BCUT2D eigenvalue weighted by Crippen LogP contribution is -2.07. The Morgan fingerprint density at radius 1 is 1.33 bits per heavy atom. The summed E-state index contributed by atoms with van der Waals surface area (Å²) < 4.78 is 10.3. The zero-order chi connectivity index (χ0) is 14.4. The summed E-state index contributed by atoms with van der Waals surface area (Å²) in [4.78, 5) is 8.87. The number of ether oxygens (including phenoxy) is 1. The van der Waals surface area contributed by atoms with Crippen LogP contribution in [0.15, 0.2) is 35.2 Å². The Hall–Kier alpha value is -1.99. The number of nitrogens with zero attached hydrogens (tertiary/aromatic N) is 5. The van der Waals surface area contributed by atoms with Crippen molar-refractivity contribution < 1.29 is 4.74 Å². The van der Waals surface area contributed by atoms with E-state index in [1.165, 1.54) is 0 Å². The number of aromatic nitrogens is 5. The molecule has 0 atom stereocenters. The van der Waals surface area contributed by atoms with Crippen molar-refractivity contribution in [3.63, 3.8) is 0 Å². The molecule has 0 spiro atoms. The highest BCUT2D eigenvalue weighted by molar-refractivity contribution is 9.10. The predicted octanol–water partition coefficient (Wildman–Crippen LogP) is 2.40. The van der Waals surface area contributed by atoms with Crippen LogP contribution in [-0.4, -0.2) is 31.4 Å². The highest BCUT2D eigenvalue weighted by Gasteiger charge is 2.23. The maximum Gasteiger partial charge on any atom is 0.160 e. The van der Waals surface area contributed by atoms with Gasteiger partial charge in [-0.3, -0.25) is 4.57 Å². The number of imidazole rings is 1. The van der Waals surface area contributed by atoms with Crippen molar-refractivity contribution >= 4 is 15.9 Å². The van der Waals surface area contributed by atoms with Crippen LogP contribution in [0.4, 0.5) is 0 Å². The van der Waals surface area contributed by atoms with Gasteiger partial charge in [-0.15, -0.1) is 0 Å². The van der Waals surface area contributed by atoms with Crippen LogP contribution >= 0.6 is 15.9 Å². The minimum atomic E-state index is 0.460. The number of fused-ring (bicyclic) bond motifs is 5. The van der Waals surface area contributed by atoms with E-state index in [0.717, 1.165) is 33.1 Å². The topological polar surface area (TPSA) is 57.8 Å². The third-order valence-electron chi connectivity index (χ3n) is 3.55. The SMILES string of the molecule is COCc1ncc2n1-c1cc(Br)ccc1-c1ncnn1C2. The summed E-state index contributed by atoms with van der Waals surface area (Å²) in [6.45, 7) is 1.10. The van der Waals surface area contributed by atoms with E-state index in [1.54, 1.807) is 13.4 Å². The molecule has 0 saturated heterocycles.